The molecular weight excluding hydrogens is 390 g/mol. The Labute approximate surface area is 179 Å². The van der Waals surface area contributed by atoms with Crippen molar-refractivity contribution in [3.63, 3.8) is 0 Å². The molecule has 3 N–H and O–H groups in total. The lowest BCUT2D eigenvalue weighted by Gasteiger charge is -2.25. The van der Waals surface area contributed by atoms with Gasteiger partial charge in [-0.1, -0.05) is 47.5 Å². The van der Waals surface area contributed by atoms with Crippen molar-refractivity contribution in [1.82, 2.24) is 16.0 Å². The van der Waals surface area contributed by atoms with Crippen molar-refractivity contribution in [2.24, 2.45) is 11.3 Å². The lowest BCUT2D eigenvalue weighted by Crippen LogP contribution is -2.57. The molecule has 1 saturated heterocycles. The van der Waals surface area contributed by atoms with Gasteiger partial charge in [-0.05, 0) is 24.2 Å². The third-order valence-corrected chi connectivity index (χ3v) is 4.50. The molecule has 0 bridgehead atoms. The molecule has 1 fully saturated rings. The lowest BCUT2D eigenvalue weighted by atomic mass is 9.99. The molecule has 1 aliphatic rings. The molecule has 172 valence electrons. The second kappa shape index (κ2) is 12.5. The van der Waals surface area contributed by atoms with Crippen molar-refractivity contribution >= 4 is 23.7 Å². The zero-order valence-electron chi connectivity index (χ0n) is 18.8. The van der Waals surface area contributed by atoms with Gasteiger partial charge < -0.3 is 25.4 Å². The molecule has 0 aromatic rings. The zero-order chi connectivity index (χ0) is 22.7. The van der Waals surface area contributed by atoms with Crippen LogP contribution < -0.4 is 16.0 Å². The van der Waals surface area contributed by atoms with Crippen LogP contribution in [-0.2, 0) is 23.9 Å². The summed E-state index contributed by atoms with van der Waals surface area (Å²) in [6.45, 7) is 10.3. The summed E-state index contributed by atoms with van der Waals surface area (Å²) in [6, 6.07) is -2.04. The van der Waals surface area contributed by atoms with Crippen LogP contribution in [0.5, 0.6) is 0 Å². The largest absolute Gasteiger partial charge is 0.449 e. The summed E-state index contributed by atoms with van der Waals surface area (Å²) in [6.07, 6.45) is 2.84. The first-order chi connectivity index (χ1) is 14.0. The number of amides is 3. The number of hydrogen-bond acceptors (Lipinski definition) is 6. The quantitative estimate of drug-likeness (QED) is 0.572. The van der Waals surface area contributed by atoms with Crippen molar-refractivity contribution in [3.8, 4) is 0 Å². The summed E-state index contributed by atoms with van der Waals surface area (Å²) in [7, 11) is 0. The molecular formula is C21H37N3O6. The molecule has 1 heterocycles. The molecule has 0 radical (unpaired) electrons. The van der Waals surface area contributed by atoms with E-state index in [0.29, 0.717) is 13.2 Å². The normalized spacial score (nSPS) is 20.4. The molecule has 2 unspecified atom stereocenters. The fourth-order valence-corrected chi connectivity index (χ4v) is 2.76. The first-order valence-corrected chi connectivity index (χ1v) is 10.6. The van der Waals surface area contributed by atoms with E-state index in [1.807, 2.05) is 20.8 Å². The van der Waals surface area contributed by atoms with Gasteiger partial charge in [0, 0.05) is 13.2 Å². The first-order valence-electron chi connectivity index (χ1n) is 10.6. The van der Waals surface area contributed by atoms with E-state index in [0.717, 1.165) is 25.7 Å². The van der Waals surface area contributed by atoms with E-state index < -0.39 is 35.8 Å². The van der Waals surface area contributed by atoms with E-state index in [9.17, 15) is 19.2 Å². The molecule has 30 heavy (non-hydrogen) atoms. The van der Waals surface area contributed by atoms with Crippen molar-refractivity contribution in [1.29, 1.82) is 0 Å². The third-order valence-electron chi connectivity index (χ3n) is 4.50. The summed E-state index contributed by atoms with van der Waals surface area (Å²) in [5.41, 5.74) is -0.211. The number of Topliss-reactive ketones (excluding diaryl/α,β-unsaturated/α-hetero) is 1. The predicted molar refractivity (Wildman–Crippen MR) is 112 cm³/mol. The van der Waals surface area contributed by atoms with E-state index in [1.165, 1.54) is 0 Å². The highest BCUT2D eigenvalue weighted by Gasteiger charge is 2.32. The molecule has 0 aromatic carbocycles. The van der Waals surface area contributed by atoms with Gasteiger partial charge in [-0.25, -0.2) is 4.79 Å². The van der Waals surface area contributed by atoms with Gasteiger partial charge in [-0.15, -0.1) is 0 Å². The number of carbonyl (C=O) groups excluding carboxylic acids is 4. The van der Waals surface area contributed by atoms with E-state index in [-0.39, 0.29) is 24.5 Å². The van der Waals surface area contributed by atoms with E-state index in [1.54, 1.807) is 13.8 Å². The van der Waals surface area contributed by atoms with Crippen molar-refractivity contribution < 1.29 is 28.7 Å². The number of carbonyl (C=O) groups is 4. The Morgan fingerprint density at radius 3 is 2.47 bits per heavy atom. The van der Waals surface area contributed by atoms with Crippen molar-refractivity contribution in [2.75, 3.05) is 26.4 Å². The topological polar surface area (TPSA) is 123 Å². The molecule has 1 aliphatic heterocycles. The van der Waals surface area contributed by atoms with Crippen LogP contribution in [0.25, 0.3) is 0 Å². The van der Waals surface area contributed by atoms with Crippen LogP contribution in [0.1, 0.15) is 60.3 Å². The zero-order valence-corrected chi connectivity index (χ0v) is 18.8. The van der Waals surface area contributed by atoms with E-state index in [2.05, 4.69) is 16.0 Å². The van der Waals surface area contributed by atoms with Gasteiger partial charge >= 0.3 is 6.09 Å². The van der Waals surface area contributed by atoms with Gasteiger partial charge in [-0.3, -0.25) is 14.4 Å². The summed E-state index contributed by atoms with van der Waals surface area (Å²) in [5.74, 6) is -2.34. The molecule has 0 aliphatic carbocycles. The molecule has 0 spiro atoms. The summed E-state index contributed by atoms with van der Waals surface area (Å²) in [4.78, 5) is 49.5. The van der Waals surface area contributed by atoms with Crippen LogP contribution in [0.2, 0.25) is 0 Å². The molecule has 9 nitrogen and oxygen atoms in total. The fourth-order valence-electron chi connectivity index (χ4n) is 2.76. The average Bonchev–Trinajstić information content (AvgIpc) is 2.65. The van der Waals surface area contributed by atoms with Crippen LogP contribution in [0.3, 0.4) is 0 Å². The Kier molecular flexibility index (Phi) is 10.8. The van der Waals surface area contributed by atoms with Gasteiger partial charge in [0.15, 0.2) is 0 Å². The average molecular weight is 428 g/mol. The van der Waals surface area contributed by atoms with Crippen LogP contribution in [-0.4, -0.2) is 62.1 Å². The minimum Gasteiger partial charge on any atom is -0.449 e. The molecule has 0 saturated carbocycles. The third kappa shape index (κ3) is 10.0. The maximum Gasteiger partial charge on any atom is 0.407 e. The van der Waals surface area contributed by atoms with Gasteiger partial charge in [0.05, 0.1) is 13.2 Å². The minimum atomic E-state index is -1.12. The Morgan fingerprint density at radius 1 is 1.17 bits per heavy atom. The van der Waals surface area contributed by atoms with Crippen LogP contribution in [0, 0.1) is 11.3 Å². The predicted octanol–water partition coefficient (Wildman–Crippen LogP) is 1.54. The van der Waals surface area contributed by atoms with Gasteiger partial charge in [-0.2, -0.15) is 0 Å². The number of rotatable bonds is 5. The summed E-state index contributed by atoms with van der Waals surface area (Å²) >= 11 is 0. The smallest absolute Gasteiger partial charge is 0.407 e. The van der Waals surface area contributed by atoms with Gasteiger partial charge in [0.2, 0.25) is 11.7 Å². The second-order valence-corrected chi connectivity index (χ2v) is 9.17. The highest BCUT2D eigenvalue weighted by Crippen LogP contribution is 2.13. The maximum absolute atomic E-state index is 12.8. The van der Waals surface area contributed by atoms with Crippen molar-refractivity contribution in [2.45, 2.75) is 72.4 Å². The van der Waals surface area contributed by atoms with E-state index >= 15 is 0 Å². The summed E-state index contributed by atoms with van der Waals surface area (Å²) in [5, 5.41) is 7.70. The maximum atomic E-state index is 12.8. The molecule has 1 rings (SSSR count). The van der Waals surface area contributed by atoms with Gasteiger partial charge in [0.1, 0.15) is 12.1 Å². The molecule has 3 amide bonds. The Bertz CT molecular complexity index is 600. The minimum absolute atomic E-state index is 0.0999. The van der Waals surface area contributed by atoms with Gasteiger partial charge in [0.25, 0.3) is 5.91 Å². The highest BCUT2D eigenvalue weighted by atomic mass is 16.5. The lowest BCUT2D eigenvalue weighted by molar-refractivity contribution is -0.141. The van der Waals surface area contributed by atoms with Crippen LogP contribution in [0.15, 0.2) is 0 Å². The van der Waals surface area contributed by atoms with Crippen LogP contribution >= 0.6 is 0 Å². The number of hydrogen-bond donors (Lipinski definition) is 3. The van der Waals surface area contributed by atoms with Crippen LogP contribution in [0.4, 0.5) is 4.79 Å². The fraction of sp³-hybridized carbons (Fsp3) is 0.810. The number of nitrogens with one attached hydrogen (secondary N) is 3. The number of alkyl carbamates (subject to hydrolysis) is 1. The monoisotopic (exact) mass is 427 g/mol. The molecule has 9 heteroatoms. The molecule has 0 aromatic heterocycles. The van der Waals surface area contributed by atoms with E-state index in [4.69, 9.17) is 9.47 Å². The highest BCUT2D eigenvalue weighted by molar-refractivity contribution is 6.38. The number of ketones is 1. The number of ether oxygens (including phenoxy) is 2. The summed E-state index contributed by atoms with van der Waals surface area (Å²) < 4.78 is 10.7. The standard InChI is InChI=1S/C21H37N3O6/c1-14(2)16(24-20(28)30-13-21(3,4)5)18(26)23-15-12-29-11-9-7-6-8-10-22-19(27)17(15)25/h14-16H,6-13H2,1-5H3,(H,22,27)(H,23,26)(H,24,28). The Morgan fingerprint density at radius 2 is 1.83 bits per heavy atom. The SMILES string of the molecule is CC(C)C(NC(=O)OCC(C)(C)C)C(=O)NC1COCCCCCCNC(=O)C1=O. The Hall–Kier alpha value is -2.16. The Balaban J connectivity index is 2.78. The first kappa shape index (κ1) is 25.9. The van der Waals surface area contributed by atoms with Crippen molar-refractivity contribution in [3.05, 3.63) is 0 Å². The second-order valence-electron chi connectivity index (χ2n) is 9.17. The molecule has 2 atom stereocenters.